The van der Waals surface area contributed by atoms with Crippen LogP contribution in [-0.4, -0.2) is 15.7 Å². The van der Waals surface area contributed by atoms with Gasteiger partial charge in [0.05, 0.1) is 16.4 Å². The smallest absolute Gasteiger partial charge is 0.266 e. The highest BCUT2D eigenvalue weighted by atomic mass is 35.5. The molecule has 3 rings (SSSR count). The van der Waals surface area contributed by atoms with Crippen molar-refractivity contribution in [1.82, 2.24) is 9.78 Å². The summed E-state index contributed by atoms with van der Waals surface area (Å²) in [4.78, 5) is 24.2. The van der Waals surface area contributed by atoms with Gasteiger partial charge in [-0.2, -0.15) is 5.10 Å². The number of rotatable bonds is 2. The number of fused-ring (bicyclic) bond motifs is 1. The maximum absolute atomic E-state index is 12.5. The molecule has 1 amide bonds. The Bertz CT molecular complexity index is 829. The van der Waals surface area contributed by atoms with Gasteiger partial charge in [0.15, 0.2) is 0 Å². The minimum Gasteiger partial charge on any atom is -0.325 e. The number of carbonyl (C=O) groups excluding carboxylic acids is 1. The summed E-state index contributed by atoms with van der Waals surface area (Å²) in [6.45, 7) is 1.95. The van der Waals surface area contributed by atoms with Crippen molar-refractivity contribution in [2.75, 3.05) is 5.32 Å². The fraction of sp³-hybridized carbons (Fsp3) is 0.353. The molecule has 5 nitrogen and oxygen atoms in total. The summed E-state index contributed by atoms with van der Waals surface area (Å²) < 4.78 is 1.34. The van der Waals surface area contributed by atoms with E-state index in [9.17, 15) is 9.59 Å². The molecule has 1 heterocycles. The van der Waals surface area contributed by atoms with Crippen LogP contribution >= 0.6 is 11.6 Å². The van der Waals surface area contributed by atoms with Crippen LogP contribution in [0.2, 0.25) is 5.02 Å². The van der Waals surface area contributed by atoms with E-state index in [0.29, 0.717) is 30.0 Å². The summed E-state index contributed by atoms with van der Waals surface area (Å²) >= 11 is 6.13. The average Bonchev–Trinajstić information content (AvgIpc) is 2.51. The molecule has 23 heavy (non-hydrogen) atoms. The second-order valence-electron chi connectivity index (χ2n) is 5.99. The summed E-state index contributed by atoms with van der Waals surface area (Å²) in [6, 6.07) is 7.11. The lowest BCUT2D eigenvalue weighted by atomic mass is 9.86. The molecular weight excluding hydrogens is 314 g/mol. The first-order valence-corrected chi connectivity index (χ1v) is 7.95. The zero-order valence-corrected chi connectivity index (χ0v) is 13.9. The highest BCUT2D eigenvalue weighted by Crippen LogP contribution is 2.27. The number of aryl methyl sites for hydroxylation is 3. The van der Waals surface area contributed by atoms with E-state index in [1.807, 2.05) is 19.1 Å². The minimum atomic E-state index is -0.173. The van der Waals surface area contributed by atoms with Crippen LogP contribution in [0.25, 0.3) is 0 Å². The molecular formula is C17H18ClN3O2. The summed E-state index contributed by atoms with van der Waals surface area (Å²) in [5.41, 5.74) is 3.29. The molecule has 0 saturated heterocycles. The van der Waals surface area contributed by atoms with Gasteiger partial charge < -0.3 is 5.32 Å². The number of hydrogen-bond donors (Lipinski definition) is 1. The van der Waals surface area contributed by atoms with Crippen molar-refractivity contribution >= 4 is 23.2 Å². The van der Waals surface area contributed by atoms with Crippen molar-refractivity contribution in [3.63, 3.8) is 0 Å². The number of halogens is 1. The Morgan fingerprint density at radius 2 is 2.17 bits per heavy atom. The van der Waals surface area contributed by atoms with Gasteiger partial charge in [0.25, 0.3) is 5.56 Å². The van der Waals surface area contributed by atoms with Crippen LogP contribution in [-0.2, 0) is 24.7 Å². The molecule has 2 aromatic rings. The molecule has 1 unspecified atom stereocenters. The van der Waals surface area contributed by atoms with E-state index in [4.69, 9.17) is 11.6 Å². The maximum Gasteiger partial charge on any atom is 0.266 e. The number of anilines is 1. The van der Waals surface area contributed by atoms with E-state index >= 15 is 0 Å². The standard InChI is InChI=1S/C17H18ClN3O2/c1-10-3-5-13(18)15(7-10)19-17(23)11-4-6-14-12(8-11)9-16(22)21(2)20-14/h3,5,7,9,11H,4,6,8H2,1-2H3,(H,19,23). The number of amides is 1. The lowest BCUT2D eigenvalue weighted by molar-refractivity contribution is -0.120. The van der Waals surface area contributed by atoms with Crippen LogP contribution in [0.15, 0.2) is 29.1 Å². The minimum absolute atomic E-state index is 0.0659. The quantitative estimate of drug-likeness (QED) is 0.919. The highest BCUT2D eigenvalue weighted by molar-refractivity contribution is 6.33. The Morgan fingerprint density at radius 1 is 1.39 bits per heavy atom. The van der Waals surface area contributed by atoms with Crippen molar-refractivity contribution < 1.29 is 4.79 Å². The van der Waals surface area contributed by atoms with Gasteiger partial charge in [0, 0.05) is 19.0 Å². The van der Waals surface area contributed by atoms with Crippen LogP contribution in [0.4, 0.5) is 5.69 Å². The molecule has 0 spiro atoms. The molecule has 1 aromatic heterocycles. The molecule has 1 aliphatic carbocycles. The normalized spacial score (nSPS) is 16.7. The average molecular weight is 332 g/mol. The summed E-state index contributed by atoms with van der Waals surface area (Å²) in [6.07, 6.45) is 1.95. The third-order valence-corrected chi connectivity index (χ3v) is 4.53. The van der Waals surface area contributed by atoms with E-state index in [0.717, 1.165) is 16.8 Å². The molecule has 6 heteroatoms. The Morgan fingerprint density at radius 3 is 2.96 bits per heavy atom. The van der Waals surface area contributed by atoms with Gasteiger partial charge in [-0.1, -0.05) is 17.7 Å². The van der Waals surface area contributed by atoms with Gasteiger partial charge in [-0.25, -0.2) is 4.68 Å². The van der Waals surface area contributed by atoms with E-state index in [-0.39, 0.29) is 17.4 Å². The second-order valence-corrected chi connectivity index (χ2v) is 6.40. The first-order chi connectivity index (χ1) is 10.9. The fourth-order valence-corrected chi connectivity index (χ4v) is 3.04. The predicted octanol–water partition coefficient (Wildman–Crippen LogP) is 2.49. The summed E-state index contributed by atoms with van der Waals surface area (Å²) in [5, 5.41) is 7.69. The third kappa shape index (κ3) is 3.29. The SMILES string of the molecule is Cc1ccc(Cl)c(NC(=O)C2CCc3nn(C)c(=O)cc3C2)c1. The molecule has 0 fully saturated rings. The van der Waals surface area contributed by atoms with Crippen molar-refractivity contribution in [3.8, 4) is 0 Å². The van der Waals surface area contributed by atoms with Crippen molar-refractivity contribution in [2.45, 2.75) is 26.2 Å². The first kappa shape index (κ1) is 15.7. The second kappa shape index (κ2) is 6.16. The lowest BCUT2D eigenvalue weighted by Crippen LogP contribution is -2.31. The zero-order valence-electron chi connectivity index (χ0n) is 13.1. The Balaban J connectivity index is 1.78. The zero-order chi connectivity index (χ0) is 16.6. The Hall–Kier alpha value is -2.14. The van der Waals surface area contributed by atoms with Gasteiger partial charge in [-0.15, -0.1) is 0 Å². The van der Waals surface area contributed by atoms with Crippen LogP contribution in [0.1, 0.15) is 23.2 Å². The van der Waals surface area contributed by atoms with Crippen molar-refractivity contribution in [1.29, 1.82) is 0 Å². The van der Waals surface area contributed by atoms with Gasteiger partial charge in [-0.3, -0.25) is 9.59 Å². The van der Waals surface area contributed by atoms with Crippen molar-refractivity contribution in [3.05, 3.63) is 56.5 Å². The van der Waals surface area contributed by atoms with E-state index in [2.05, 4.69) is 10.4 Å². The van der Waals surface area contributed by atoms with E-state index < -0.39 is 0 Å². The number of nitrogens with one attached hydrogen (secondary N) is 1. The maximum atomic E-state index is 12.5. The molecule has 0 aliphatic heterocycles. The summed E-state index contributed by atoms with van der Waals surface area (Å²) in [5.74, 6) is -0.239. The van der Waals surface area contributed by atoms with Crippen LogP contribution in [0, 0.1) is 12.8 Å². The van der Waals surface area contributed by atoms with Gasteiger partial charge in [0.1, 0.15) is 0 Å². The number of carbonyl (C=O) groups is 1. The largest absolute Gasteiger partial charge is 0.325 e. The van der Waals surface area contributed by atoms with Gasteiger partial charge in [0.2, 0.25) is 5.91 Å². The lowest BCUT2D eigenvalue weighted by Gasteiger charge is -2.23. The first-order valence-electron chi connectivity index (χ1n) is 7.57. The van der Waals surface area contributed by atoms with E-state index in [1.165, 1.54) is 4.68 Å². The molecule has 1 aromatic carbocycles. The Labute approximate surface area is 139 Å². The molecule has 0 saturated carbocycles. The number of aromatic nitrogens is 2. The van der Waals surface area contributed by atoms with E-state index in [1.54, 1.807) is 19.2 Å². The molecule has 1 N–H and O–H groups in total. The highest BCUT2D eigenvalue weighted by Gasteiger charge is 2.26. The van der Waals surface area contributed by atoms with Crippen LogP contribution in [0.5, 0.6) is 0 Å². The predicted molar refractivity (Wildman–Crippen MR) is 89.8 cm³/mol. The van der Waals surface area contributed by atoms with Crippen LogP contribution in [0.3, 0.4) is 0 Å². The number of benzene rings is 1. The Kier molecular flexibility index (Phi) is 4.22. The van der Waals surface area contributed by atoms with Crippen LogP contribution < -0.4 is 10.9 Å². The molecule has 1 aliphatic rings. The molecule has 0 bridgehead atoms. The third-order valence-electron chi connectivity index (χ3n) is 4.20. The summed E-state index contributed by atoms with van der Waals surface area (Å²) in [7, 11) is 1.64. The monoisotopic (exact) mass is 331 g/mol. The van der Waals surface area contributed by atoms with Gasteiger partial charge in [-0.05, 0) is 49.4 Å². The molecule has 120 valence electrons. The topological polar surface area (TPSA) is 64.0 Å². The van der Waals surface area contributed by atoms with Crippen molar-refractivity contribution in [2.24, 2.45) is 13.0 Å². The number of nitrogens with zero attached hydrogens (tertiary/aromatic N) is 2. The fourth-order valence-electron chi connectivity index (χ4n) is 2.88. The van der Waals surface area contributed by atoms with Gasteiger partial charge >= 0.3 is 0 Å². The number of hydrogen-bond acceptors (Lipinski definition) is 3. The molecule has 0 radical (unpaired) electrons. The molecule has 1 atom stereocenters.